The number of para-hydroxylation sites is 1. The molecule has 0 radical (unpaired) electrons. The molecular weight excluding hydrogens is 266 g/mol. The van der Waals surface area contributed by atoms with Gasteiger partial charge >= 0.3 is 5.97 Å². The molecule has 5 nitrogen and oxygen atoms in total. The molecule has 1 aromatic heterocycles. The van der Waals surface area contributed by atoms with Gasteiger partial charge in [0.05, 0.1) is 17.8 Å². The number of hydrogen-bond donors (Lipinski definition) is 2. The van der Waals surface area contributed by atoms with Gasteiger partial charge in [0.15, 0.2) is 0 Å². The number of carboxylic acid groups (broad SMARTS) is 1. The fourth-order valence-corrected chi connectivity index (χ4v) is 3.52. The van der Waals surface area contributed by atoms with Gasteiger partial charge in [-0.1, -0.05) is 18.2 Å². The fraction of sp³-hybridized carbons (Fsp3) is 0.500. The average molecular weight is 285 g/mol. The van der Waals surface area contributed by atoms with Crippen molar-refractivity contribution < 1.29 is 9.90 Å². The van der Waals surface area contributed by atoms with Crippen LogP contribution in [0.4, 0.5) is 0 Å². The normalized spacial score (nSPS) is 29.0. The van der Waals surface area contributed by atoms with Crippen LogP contribution in [0, 0.1) is 0 Å². The van der Waals surface area contributed by atoms with Gasteiger partial charge in [-0.15, -0.1) is 0 Å². The van der Waals surface area contributed by atoms with Gasteiger partial charge in [0.1, 0.15) is 5.54 Å². The Labute approximate surface area is 122 Å². The van der Waals surface area contributed by atoms with E-state index in [1.807, 2.05) is 29.1 Å². The van der Waals surface area contributed by atoms with Crippen LogP contribution in [-0.2, 0) is 4.79 Å². The lowest BCUT2D eigenvalue weighted by Gasteiger charge is -2.26. The zero-order chi connectivity index (χ0) is 14.4. The Bertz CT molecular complexity index is 692. The van der Waals surface area contributed by atoms with Crippen LogP contribution in [0.3, 0.4) is 0 Å². The molecule has 5 heteroatoms. The first-order valence-electron chi connectivity index (χ1n) is 7.61. The summed E-state index contributed by atoms with van der Waals surface area (Å²) in [5.74, 6) is -0.714. The van der Waals surface area contributed by atoms with Crippen LogP contribution in [0.1, 0.15) is 38.1 Å². The van der Waals surface area contributed by atoms with E-state index in [4.69, 9.17) is 0 Å². The molecule has 2 aliphatic rings. The van der Waals surface area contributed by atoms with Gasteiger partial charge in [-0.25, -0.2) is 0 Å². The number of nitrogens with zero attached hydrogens (tertiary/aromatic N) is 2. The first-order chi connectivity index (χ1) is 10.2. The van der Waals surface area contributed by atoms with Crippen molar-refractivity contribution in [1.29, 1.82) is 0 Å². The first-order valence-corrected chi connectivity index (χ1v) is 7.61. The summed E-state index contributed by atoms with van der Waals surface area (Å²) in [7, 11) is 0. The summed E-state index contributed by atoms with van der Waals surface area (Å²) in [6.07, 6.45) is 6.22. The Morgan fingerprint density at radius 1 is 1.33 bits per heavy atom. The lowest BCUT2D eigenvalue weighted by Crippen LogP contribution is -2.51. The number of benzene rings is 1. The Balaban J connectivity index is 1.64. The molecule has 0 spiro atoms. The highest BCUT2D eigenvalue weighted by Gasteiger charge is 2.48. The summed E-state index contributed by atoms with van der Waals surface area (Å²) in [5.41, 5.74) is 0.328. The van der Waals surface area contributed by atoms with Crippen molar-refractivity contribution in [1.82, 2.24) is 15.1 Å². The molecule has 2 aromatic rings. The van der Waals surface area contributed by atoms with Gasteiger partial charge in [0, 0.05) is 11.4 Å². The molecule has 2 atom stereocenters. The Kier molecular flexibility index (Phi) is 2.79. The first kappa shape index (κ1) is 12.8. The van der Waals surface area contributed by atoms with Crippen LogP contribution >= 0.6 is 0 Å². The second-order valence-electron chi connectivity index (χ2n) is 6.35. The molecule has 2 unspecified atom stereocenters. The second kappa shape index (κ2) is 4.56. The van der Waals surface area contributed by atoms with E-state index in [1.54, 1.807) is 0 Å². The summed E-state index contributed by atoms with van der Waals surface area (Å²) < 4.78 is 2.01. The van der Waals surface area contributed by atoms with Crippen molar-refractivity contribution in [2.75, 3.05) is 0 Å². The minimum Gasteiger partial charge on any atom is -0.480 e. The standard InChI is InChI=1S/C16H19N3O2/c20-15(21)16(18-12-5-6-12)8-7-13(9-16)19-14-4-2-1-3-11(14)10-17-19/h1-4,10,12-13,18H,5-9H2,(H,20,21). The largest absolute Gasteiger partial charge is 0.480 e. The van der Waals surface area contributed by atoms with Crippen LogP contribution in [-0.4, -0.2) is 32.4 Å². The predicted octanol–water partition coefficient (Wildman–Crippen LogP) is 2.34. The number of carboxylic acids is 1. The molecule has 0 saturated heterocycles. The van der Waals surface area contributed by atoms with Gasteiger partial charge in [-0.05, 0) is 38.2 Å². The van der Waals surface area contributed by atoms with Crippen LogP contribution < -0.4 is 5.32 Å². The third-order valence-corrected chi connectivity index (χ3v) is 4.81. The topological polar surface area (TPSA) is 67.2 Å². The minimum absolute atomic E-state index is 0.159. The predicted molar refractivity (Wildman–Crippen MR) is 79.1 cm³/mol. The lowest BCUT2D eigenvalue weighted by atomic mass is 9.97. The lowest BCUT2D eigenvalue weighted by molar-refractivity contribution is -0.144. The fourth-order valence-electron chi connectivity index (χ4n) is 3.52. The van der Waals surface area contributed by atoms with Crippen LogP contribution in [0.5, 0.6) is 0 Å². The summed E-state index contributed by atoms with van der Waals surface area (Å²) in [6, 6.07) is 8.65. The highest BCUT2D eigenvalue weighted by molar-refractivity contribution is 5.80. The third-order valence-electron chi connectivity index (χ3n) is 4.81. The molecule has 1 aromatic carbocycles. The zero-order valence-electron chi connectivity index (χ0n) is 11.8. The monoisotopic (exact) mass is 285 g/mol. The number of carbonyl (C=O) groups is 1. The van der Waals surface area contributed by atoms with E-state index in [0.717, 1.165) is 30.2 Å². The summed E-state index contributed by atoms with van der Waals surface area (Å²) in [4.78, 5) is 11.8. The number of aliphatic carboxylic acids is 1. The molecule has 4 rings (SSSR count). The van der Waals surface area contributed by atoms with Crippen LogP contribution in [0.2, 0.25) is 0 Å². The molecule has 0 amide bonds. The summed E-state index contributed by atoms with van der Waals surface area (Å²) in [6.45, 7) is 0. The maximum absolute atomic E-state index is 11.8. The zero-order valence-corrected chi connectivity index (χ0v) is 11.8. The van der Waals surface area contributed by atoms with E-state index in [0.29, 0.717) is 18.9 Å². The molecule has 0 bridgehead atoms. The van der Waals surface area contributed by atoms with Gasteiger partial charge in [-0.2, -0.15) is 5.10 Å². The Morgan fingerprint density at radius 3 is 2.90 bits per heavy atom. The number of aromatic nitrogens is 2. The van der Waals surface area contributed by atoms with Crippen molar-refractivity contribution in [3.05, 3.63) is 30.5 Å². The van der Waals surface area contributed by atoms with E-state index in [9.17, 15) is 9.90 Å². The minimum atomic E-state index is -0.765. The maximum atomic E-state index is 11.8. The number of hydrogen-bond acceptors (Lipinski definition) is 3. The van der Waals surface area contributed by atoms with Gasteiger partial charge in [-0.3, -0.25) is 14.8 Å². The molecule has 0 aliphatic heterocycles. The van der Waals surface area contributed by atoms with Gasteiger partial charge in [0.25, 0.3) is 0 Å². The number of rotatable bonds is 4. The van der Waals surface area contributed by atoms with E-state index in [-0.39, 0.29) is 6.04 Å². The van der Waals surface area contributed by atoms with Crippen LogP contribution in [0.15, 0.2) is 30.5 Å². The Hall–Kier alpha value is -1.88. The SMILES string of the molecule is O=C(O)C1(NC2CC2)CCC(n2ncc3ccccc32)C1. The van der Waals surface area contributed by atoms with Gasteiger partial charge in [0.2, 0.25) is 0 Å². The second-order valence-corrected chi connectivity index (χ2v) is 6.35. The molecular formula is C16H19N3O2. The molecule has 110 valence electrons. The smallest absolute Gasteiger partial charge is 0.323 e. The third kappa shape index (κ3) is 2.12. The average Bonchev–Trinajstić information content (AvgIpc) is 3.01. The van der Waals surface area contributed by atoms with Crippen LogP contribution in [0.25, 0.3) is 10.9 Å². The molecule has 2 fully saturated rings. The molecule has 2 saturated carbocycles. The van der Waals surface area contributed by atoms with Gasteiger partial charge < -0.3 is 5.11 Å². The van der Waals surface area contributed by atoms with Crippen molar-refractivity contribution in [3.63, 3.8) is 0 Å². The summed E-state index contributed by atoms with van der Waals surface area (Å²) >= 11 is 0. The van der Waals surface area contributed by atoms with E-state index in [2.05, 4.69) is 16.5 Å². The molecule has 2 aliphatic carbocycles. The maximum Gasteiger partial charge on any atom is 0.323 e. The van der Waals surface area contributed by atoms with E-state index >= 15 is 0 Å². The molecule has 1 heterocycles. The quantitative estimate of drug-likeness (QED) is 0.905. The number of fused-ring (bicyclic) bond motifs is 1. The van der Waals surface area contributed by atoms with E-state index < -0.39 is 11.5 Å². The van der Waals surface area contributed by atoms with Crippen molar-refractivity contribution in [2.45, 2.75) is 49.7 Å². The highest BCUT2D eigenvalue weighted by Crippen LogP contribution is 2.41. The molecule has 2 N–H and O–H groups in total. The molecule has 21 heavy (non-hydrogen) atoms. The van der Waals surface area contributed by atoms with Crippen molar-refractivity contribution in [2.24, 2.45) is 0 Å². The summed E-state index contributed by atoms with van der Waals surface area (Å²) in [5, 5.41) is 18.6. The Morgan fingerprint density at radius 2 is 2.14 bits per heavy atom. The van der Waals surface area contributed by atoms with Crippen molar-refractivity contribution in [3.8, 4) is 0 Å². The number of nitrogens with one attached hydrogen (secondary N) is 1. The highest BCUT2D eigenvalue weighted by atomic mass is 16.4. The van der Waals surface area contributed by atoms with E-state index in [1.165, 1.54) is 0 Å². The van der Waals surface area contributed by atoms with Crippen molar-refractivity contribution >= 4 is 16.9 Å².